The number of nitrogens with one attached hydrogen (secondary N) is 1. The Bertz CT molecular complexity index is 805. The smallest absolute Gasteiger partial charge is 0.244 e. The van der Waals surface area contributed by atoms with Crippen molar-refractivity contribution in [1.29, 1.82) is 0 Å². The van der Waals surface area contributed by atoms with Crippen LogP contribution < -0.4 is 14.8 Å². The Balaban J connectivity index is 1.66. The second-order valence-corrected chi connectivity index (χ2v) is 6.05. The third-order valence-electron chi connectivity index (χ3n) is 3.78. The second kappa shape index (κ2) is 7.57. The fourth-order valence-corrected chi connectivity index (χ4v) is 2.77. The van der Waals surface area contributed by atoms with Crippen molar-refractivity contribution in [3.8, 4) is 11.5 Å². The summed E-state index contributed by atoms with van der Waals surface area (Å²) in [6.45, 7) is 2.76. The van der Waals surface area contributed by atoms with Gasteiger partial charge in [0.25, 0.3) is 0 Å². The molecule has 6 heteroatoms. The molecule has 0 spiro atoms. The molecule has 0 aliphatic carbocycles. The predicted molar refractivity (Wildman–Crippen MR) is 94.4 cm³/mol. The largest absolute Gasteiger partial charge is 0.486 e. The molecule has 0 aromatic heterocycles. The lowest BCUT2D eigenvalue weighted by Gasteiger charge is -2.19. The molecule has 0 fully saturated rings. The van der Waals surface area contributed by atoms with Crippen LogP contribution in [0.15, 0.2) is 42.5 Å². The monoisotopic (exact) mass is 361 g/mol. The van der Waals surface area contributed by atoms with Crippen LogP contribution in [0.25, 0.3) is 6.08 Å². The summed E-state index contributed by atoms with van der Waals surface area (Å²) in [4.78, 5) is 12.1. The molecular formula is C19H17ClFNO3. The van der Waals surface area contributed by atoms with Gasteiger partial charge in [0.2, 0.25) is 5.91 Å². The van der Waals surface area contributed by atoms with Gasteiger partial charge in [-0.25, -0.2) is 4.39 Å². The summed E-state index contributed by atoms with van der Waals surface area (Å²) in [6, 6.07) is 9.27. The molecular weight excluding hydrogens is 345 g/mol. The van der Waals surface area contributed by atoms with Gasteiger partial charge in [-0.1, -0.05) is 23.7 Å². The first kappa shape index (κ1) is 17.3. The Labute approximate surface area is 150 Å². The van der Waals surface area contributed by atoms with Crippen molar-refractivity contribution < 1.29 is 18.7 Å². The lowest BCUT2D eigenvalue weighted by molar-refractivity contribution is -0.117. The van der Waals surface area contributed by atoms with E-state index in [0.717, 1.165) is 11.1 Å². The predicted octanol–water partition coefficient (Wildman–Crippen LogP) is 4.14. The van der Waals surface area contributed by atoms with Crippen LogP contribution in [0.5, 0.6) is 11.5 Å². The highest BCUT2D eigenvalue weighted by atomic mass is 35.5. The Hall–Kier alpha value is -2.53. The van der Waals surface area contributed by atoms with E-state index in [1.165, 1.54) is 18.2 Å². The lowest BCUT2D eigenvalue weighted by atomic mass is 10.1. The number of carbonyl (C=O) groups is 1. The van der Waals surface area contributed by atoms with E-state index < -0.39 is 0 Å². The Morgan fingerprint density at radius 1 is 1.24 bits per heavy atom. The van der Waals surface area contributed by atoms with Crippen LogP contribution in [0.3, 0.4) is 0 Å². The van der Waals surface area contributed by atoms with Gasteiger partial charge in [-0.15, -0.1) is 0 Å². The summed E-state index contributed by atoms with van der Waals surface area (Å²) in [5.74, 6) is 0.526. The van der Waals surface area contributed by atoms with Crippen molar-refractivity contribution in [3.63, 3.8) is 0 Å². The quantitative estimate of drug-likeness (QED) is 0.832. The second-order valence-electron chi connectivity index (χ2n) is 5.64. The molecule has 0 saturated heterocycles. The number of halogens is 2. The summed E-state index contributed by atoms with van der Waals surface area (Å²) < 4.78 is 23.9. The fraction of sp³-hybridized carbons (Fsp3) is 0.211. The molecule has 1 aliphatic rings. The van der Waals surface area contributed by atoms with Crippen molar-refractivity contribution in [3.05, 3.63) is 64.4 Å². The standard InChI is InChI=1S/C19H17ClFNO3/c1-12(14-3-5-15(21)6-4-14)22-18(23)7-2-13-10-16(20)19-17(11-13)24-8-9-25-19/h2-7,10-12H,8-9H2,1H3,(H,22,23)/b7-2+/t12-/m1/s1. The molecule has 1 amide bonds. The van der Waals surface area contributed by atoms with Gasteiger partial charge in [0.15, 0.2) is 11.5 Å². The zero-order valence-electron chi connectivity index (χ0n) is 13.6. The van der Waals surface area contributed by atoms with Gasteiger partial charge < -0.3 is 14.8 Å². The highest BCUT2D eigenvalue weighted by Gasteiger charge is 2.16. The first-order valence-corrected chi connectivity index (χ1v) is 8.24. The van der Waals surface area contributed by atoms with Gasteiger partial charge in [0.1, 0.15) is 19.0 Å². The van der Waals surface area contributed by atoms with Gasteiger partial charge in [0.05, 0.1) is 11.1 Å². The SMILES string of the molecule is C[C@@H](NC(=O)/C=C/c1cc(Cl)c2c(c1)OCCO2)c1ccc(F)cc1. The van der Waals surface area contributed by atoms with Crippen LogP contribution in [-0.4, -0.2) is 19.1 Å². The number of fused-ring (bicyclic) bond motifs is 1. The molecule has 0 unspecified atom stereocenters. The van der Waals surface area contributed by atoms with E-state index in [0.29, 0.717) is 29.7 Å². The zero-order valence-corrected chi connectivity index (χ0v) is 14.3. The first-order chi connectivity index (χ1) is 12.0. The molecule has 2 aromatic rings. The van der Waals surface area contributed by atoms with E-state index in [-0.39, 0.29) is 17.8 Å². The normalized spacial score (nSPS) is 14.4. The third kappa shape index (κ3) is 4.31. The molecule has 0 radical (unpaired) electrons. The summed E-state index contributed by atoms with van der Waals surface area (Å²) >= 11 is 6.17. The molecule has 4 nitrogen and oxygen atoms in total. The summed E-state index contributed by atoms with van der Waals surface area (Å²) in [5, 5.41) is 3.27. The van der Waals surface area contributed by atoms with Crippen LogP contribution in [0.2, 0.25) is 5.02 Å². The van der Waals surface area contributed by atoms with Crippen LogP contribution in [-0.2, 0) is 4.79 Å². The van der Waals surface area contributed by atoms with E-state index in [4.69, 9.17) is 21.1 Å². The van der Waals surface area contributed by atoms with Crippen molar-refractivity contribution in [1.82, 2.24) is 5.32 Å². The zero-order chi connectivity index (χ0) is 17.8. The molecule has 1 atom stereocenters. The highest BCUT2D eigenvalue weighted by Crippen LogP contribution is 2.38. The van der Waals surface area contributed by atoms with Crippen LogP contribution in [0.4, 0.5) is 4.39 Å². The maximum Gasteiger partial charge on any atom is 0.244 e. The minimum absolute atomic E-state index is 0.235. The molecule has 1 aliphatic heterocycles. The van der Waals surface area contributed by atoms with Crippen molar-refractivity contribution in [2.75, 3.05) is 13.2 Å². The lowest BCUT2D eigenvalue weighted by Crippen LogP contribution is -2.24. The van der Waals surface area contributed by atoms with Gasteiger partial charge in [-0.3, -0.25) is 4.79 Å². The van der Waals surface area contributed by atoms with E-state index in [9.17, 15) is 9.18 Å². The Morgan fingerprint density at radius 3 is 2.72 bits per heavy atom. The molecule has 1 N–H and O–H groups in total. The summed E-state index contributed by atoms with van der Waals surface area (Å²) in [6.07, 6.45) is 3.07. The summed E-state index contributed by atoms with van der Waals surface area (Å²) in [7, 11) is 0. The number of hydrogen-bond acceptors (Lipinski definition) is 3. The first-order valence-electron chi connectivity index (χ1n) is 7.86. The molecule has 1 heterocycles. The number of ether oxygens (including phenoxy) is 2. The Morgan fingerprint density at radius 2 is 1.96 bits per heavy atom. The average Bonchev–Trinajstić information content (AvgIpc) is 2.60. The van der Waals surface area contributed by atoms with E-state index >= 15 is 0 Å². The van der Waals surface area contributed by atoms with Crippen molar-refractivity contribution in [2.24, 2.45) is 0 Å². The van der Waals surface area contributed by atoms with Crippen LogP contribution >= 0.6 is 11.6 Å². The number of carbonyl (C=O) groups excluding carboxylic acids is 1. The fourth-order valence-electron chi connectivity index (χ4n) is 2.50. The highest BCUT2D eigenvalue weighted by molar-refractivity contribution is 6.32. The minimum Gasteiger partial charge on any atom is -0.486 e. The molecule has 0 bridgehead atoms. The summed E-state index contributed by atoms with van der Waals surface area (Å²) in [5.41, 5.74) is 1.56. The van der Waals surface area contributed by atoms with E-state index in [1.807, 2.05) is 6.92 Å². The van der Waals surface area contributed by atoms with Crippen LogP contribution in [0, 0.1) is 5.82 Å². The maximum atomic E-state index is 12.9. The van der Waals surface area contributed by atoms with Gasteiger partial charge in [-0.2, -0.15) is 0 Å². The van der Waals surface area contributed by atoms with Crippen molar-refractivity contribution in [2.45, 2.75) is 13.0 Å². The van der Waals surface area contributed by atoms with Crippen LogP contribution in [0.1, 0.15) is 24.1 Å². The van der Waals surface area contributed by atoms with Gasteiger partial charge in [0, 0.05) is 6.08 Å². The Kier molecular flexibility index (Phi) is 5.24. The van der Waals surface area contributed by atoms with E-state index in [1.54, 1.807) is 30.3 Å². The van der Waals surface area contributed by atoms with Crippen molar-refractivity contribution >= 4 is 23.6 Å². The average molecular weight is 362 g/mol. The number of benzene rings is 2. The van der Waals surface area contributed by atoms with Gasteiger partial charge in [-0.05, 0) is 48.4 Å². The topological polar surface area (TPSA) is 47.6 Å². The van der Waals surface area contributed by atoms with E-state index in [2.05, 4.69) is 5.32 Å². The minimum atomic E-state index is -0.308. The molecule has 0 saturated carbocycles. The molecule has 2 aromatic carbocycles. The number of hydrogen-bond donors (Lipinski definition) is 1. The van der Waals surface area contributed by atoms with Gasteiger partial charge >= 0.3 is 0 Å². The maximum absolute atomic E-state index is 12.9. The molecule has 25 heavy (non-hydrogen) atoms. The molecule has 130 valence electrons. The third-order valence-corrected chi connectivity index (χ3v) is 4.06. The number of rotatable bonds is 4. The number of amides is 1. The molecule has 3 rings (SSSR count).